The minimum Gasteiger partial charge on any atom is -0.459 e. The Labute approximate surface area is 111 Å². The van der Waals surface area contributed by atoms with Gasteiger partial charge in [-0.25, -0.2) is 0 Å². The summed E-state index contributed by atoms with van der Waals surface area (Å²) in [6.07, 6.45) is 5.23. The molecule has 106 valence electrons. The SMILES string of the molecule is CCC(C)C(=O)OC(C)(C)CCCC(C)CC=O. The second-order valence-corrected chi connectivity index (χ2v) is 5.89. The number of hydrogen-bond donors (Lipinski definition) is 0. The molecule has 0 aromatic rings. The van der Waals surface area contributed by atoms with Gasteiger partial charge in [-0.3, -0.25) is 4.79 Å². The van der Waals surface area contributed by atoms with Crippen LogP contribution < -0.4 is 0 Å². The Morgan fingerprint density at radius 3 is 2.44 bits per heavy atom. The third-order valence-electron chi connectivity index (χ3n) is 3.37. The molecule has 0 bridgehead atoms. The highest BCUT2D eigenvalue weighted by Crippen LogP contribution is 2.22. The molecule has 2 atom stereocenters. The Bertz CT molecular complexity index is 258. The van der Waals surface area contributed by atoms with Crippen molar-refractivity contribution < 1.29 is 14.3 Å². The van der Waals surface area contributed by atoms with E-state index in [-0.39, 0.29) is 11.9 Å². The van der Waals surface area contributed by atoms with Crippen LogP contribution in [0, 0.1) is 11.8 Å². The van der Waals surface area contributed by atoms with E-state index in [9.17, 15) is 9.59 Å². The lowest BCUT2D eigenvalue weighted by atomic mass is 9.95. The maximum Gasteiger partial charge on any atom is 0.309 e. The Kier molecular flexibility index (Phi) is 7.88. The van der Waals surface area contributed by atoms with Crippen molar-refractivity contribution in [3.05, 3.63) is 0 Å². The van der Waals surface area contributed by atoms with E-state index in [0.29, 0.717) is 12.3 Å². The van der Waals surface area contributed by atoms with E-state index in [2.05, 4.69) is 6.92 Å². The van der Waals surface area contributed by atoms with Gasteiger partial charge in [0, 0.05) is 6.42 Å². The molecule has 3 heteroatoms. The van der Waals surface area contributed by atoms with Crippen LogP contribution in [0.5, 0.6) is 0 Å². The molecule has 0 rings (SSSR count). The quantitative estimate of drug-likeness (QED) is 0.466. The zero-order valence-corrected chi connectivity index (χ0v) is 12.5. The molecule has 0 saturated carbocycles. The summed E-state index contributed by atoms with van der Waals surface area (Å²) in [5.74, 6) is 0.283. The van der Waals surface area contributed by atoms with E-state index < -0.39 is 5.60 Å². The van der Waals surface area contributed by atoms with Crippen molar-refractivity contribution in [1.29, 1.82) is 0 Å². The molecule has 0 aliphatic carbocycles. The van der Waals surface area contributed by atoms with E-state index in [4.69, 9.17) is 4.74 Å². The van der Waals surface area contributed by atoms with Gasteiger partial charge in [-0.15, -0.1) is 0 Å². The van der Waals surface area contributed by atoms with Gasteiger partial charge in [0.2, 0.25) is 0 Å². The molecule has 18 heavy (non-hydrogen) atoms. The van der Waals surface area contributed by atoms with Crippen molar-refractivity contribution in [3.8, 4) is 0 Å². The van der Waals surface area contributed by atoms with E-state index >= 15 is 0 Å². The van der Waals surface area contributed by atoms with Crippen LogP contribution in [0.1, 0.15) is 66.7 Å². The first-order valence-electron chi connectivity index (χ1n) is 6.99. The summed E-state index contributed by atoms with van der Waals surface area (Å²) < 4.78 is 5.52. The molecule has 0 heterocycles. The minimum atomic E-state index is -0.401. The number of carbonyl (C=O) groups excluding carboxylic acids is 2. The van der Waals surface area contributed by atoms with Gasteiger partial charge in [-0.1, -0.05) is 27.2 Å². The molecule has 0 aliphatic rings. The third kappa shape index (κ3) is 7.46. The Hall–Kier alpha value is -0.860. The van der Waals surface area contributed by atoms with Crippen LogP contribution in [0.4, 0.5) is 0 Å². The van der Waals surface area contributed by atoms with Crippen LogP contribution >= 0.6 is 0 Å². The summed E-state index contributed by atoms with van der Waals surface area (Å²) >= 11 is 0. The molecule has 0 N–H and O–H groups in total. The highest BCUT2D eigenvalue weighted by Gasteiger charge is 2.25. The van der Waals surface area contributed by atoms with Crippen LogP contribution in [0.3, 0.4) is 0 Å². The largest absolute Gasteiger partial charge is 0.459 e. The molecule has 0 saturated heterocycles. The van der Waals surface area contributed by atoms with E-state index in [1.165, 1.54) is 0 Å². The van der Waals surface area contributed by atoms with Crippen molar-refractivity contribution >= 4 is 12.3 Å². The average molecular weight is 256 g/mol. The molecule has 0 fully saturated rings. The molecule has 0 aromatic carbocycles. The van der Waals surface area contributed by atoms with Gasteiger partial charge in [-0.05, 0) is 39.0 Å². The summed E-state index contributed by atoms with van der Waals surface area (Å²) in [5.41, 5.74) is -0.401. The molecular weight excluding hydrogens is 228 g/mol. The van der Waals surface area contributed by atoms with E-state index in [1.54, 1.807) is 0 Å². The molecule has 3 nitrogen and oxygen atoms in total. The van der Waals surface area contributed by atoms with Crippen molar-refractivity contribution in [2.24, 2.45) is 11.8 Å². The van der Waals surface area contributed by atoms with Gasteiger partial charge < -0.3 is 9.53 Å². The smallest absolute Gasteiger partial charge is 0.309 e. The number of ether oxygens (including phenoxy) is 1. The highest BCUT2D eigenvalue weighted by atomic mass is 16.6. The number of rotatable bonds is 9. The summed E-state index contributed by atoms with van der Waals surface area (Å²) in [7, 11) is 0. The fraction of sp³-hybridized carbons (Fsp3) is 0.867. The Morgan fingerprint density at radius 1 is 1.33 bits per heavy atom. The maximum atomic E-state index is 11.7. The number of hydrogen-bond acceptors (Lipinski definition) is 3. The number of esters is 1. The topological polar surface area (TPSA) is 43.4 Å². The van der Waals surface area contributed by atoms with Crippen LogP contribution in [-0.4, -0.2) is 17.9 Å². The van der Waals surface area contributed by atoms with Gasteiger partial charge in [-0.2, -0.15) is 0 Å². The molecule has 0 spiro atoms. The molecule has 2 unspecified atom stereocenters. The number of aldehydes is 1. The Balaban J connectivity index is 4.00. The zero-order valence-electron chi connectivity index (χ0n) is 12.5. The summed E-state index contributed by atoms with van der Waals surface area (Å²) in [6, 6.07) is 0. The fourth-order valence-electron chi connectivity index (χ4n) is 1.75. The monoisotopic (exact) mass is 256 g/mol. The highest BCUT2D eigenvalue weighted by molar-refractivity contribution is 5.72. The normalized spacial score (nSPS) is 14.9. The van der Waals surface area contributed by atoms with Gasteiger partial charge in [0.1, 0.15) is 11.9 Å². The third-order valence-corrected chi connectivity index (χ3v) is 3.37. The van der Waals surface area contributed by atoms with Gasteiger partial charge in [0.15, 0.2) is 0 Å². The second-order valence-electron chi connectivity index (χ2n) is 5.89. The summed E-state index contributed by atoms with van der Waals surface area (Å²) in [4.78, 5) is 22.1. The standard InChI is InChI=1S/C15H28O3/c1-6-13(3)14(17)18-15(4,5)10-7-8-12(2)9-11-16/h11-13H,6-10H2,1-5H3. The molecule has 0 aliphatic heterocycles. The average Bonchev–Trinajstić information content (AvgIpc) is 2.27. The molecule has 0 amide bonds. The van der Waals surface area contributed by atoms with Crippen molar-refractivity contribution in [2.75, 3.05) is 0 Å². The second kappa shape index (κ2) is 8.28. The van der Waals surface area contributed by atoms with Crippen LogP contribution in [0.25, 0.3) is 0 Å². The van der Waals surface area contributed by atoms with Crippen LogP contribution in [0.2, 0.25) is 0 Å². The molecular formula is C15H28O3. The van der Waals surface area contributed by atoms with Crippen LogP contribution in [0.15, 0.2) is 0 Å². The van der Waals surface area contributed by atoms with Crippen LogP contribution in [-0.2, 0) is 14.3 Å². The maximum absolute atomic E-state index is 11.7. The lowest BCUT2D eigenvalue weighted by molar-refractivity contribution is -0.161. The van der Waals surface area contributed by atoms with Crippen molar-refractivity contribution in [2.45, 2.75) is 72.3 Å². The molecule has 0 aromatic heterocycles. The molecule has 0 radical (unpaired) electrons. The lowest BCUT2D eigenvalue weighted by Crippen LogP contribution is -2.30. The van der Waals surface area contributed by atoms with Gasteiger partial charge in [0.05, 0.1) is 5.92 Å². The fourth-order valence-corrected chi connectivity index (χ4v) is 1.75. The summed E-state index contributed by atoms with van der Waals surface area (Å²) in [5, 5.41) is 0. The first-order valence-corrected chi connectivity index (χ1v) is 6.99. The first kappa shape index (κ1) is 17.1. The number of carbonyl (C=O) groups is 2. The van der Waals surface area contributed by atoms with Gasteiger partial charge >= 0.3 is 5.97 Å². The van der Waals surface area contributed by atoms with E-state index in [1.807, 2.05) is 27.7 Å². The predicted octanol–water partition coefficient (Wildman–Crippen LogP) is 3.75. The van der Waals surface area contributed by atoms with Gasteiger partial charge in [0.25, 0.3) is 0 Å². The van der Waals surface area contributed by atoms with E-state index in [0.717, 1.165) is 32.0 Å². The van der Waals surface area contributed by atoms with Crippen molar-refractivity contribution in [1.82, 2.24) is 0 Å². The predicted molar refractivity (Wildman–Crippen MR) is 73.3 cm³/mol. The first-order chi connectivity index (χ1) is 8.32. The zero-order chi connectivity index (χ0) is 14.2. The summed E-state index contributed by atoms with van der Waals surface area (Å²) in [6.45, 7) is 9.87. The lowest BCUT2D eigenvalue weighted by Gasteiger charge is -2.27. The minimum absolute atomic E-state index is 0.0294. The Morgan fingerprint density at radius 2 is 1.94 bits per heavy atom. The van der Waals surface area contributed by atoms with Crippen molar-refractivity contribution in [3.63, 3.8) is 0 Å².